The number of ether oxygens (including phenoxy) is 2. The maximum absolute atomic E-state index is 11.4. The van der Waals surface area contributed by atoms with E-state index in [9.17, 15) is 27.6 Å². The fourth-order valence-corrected chi connectivity index (χ4v) is 1.54. The lowest BCUT2D eigenvalue weighted by Crippen LogP contribution is -2.39. The number of carboxylic acid groups (broad SMARTS) is 1. The number of hydrogen-bond acceptors (Lipinski definition) is 6. The molecule has 0 fully saturated rings. The van der Waals surface area contributed by atoms with Crippen molar-refractivity contribution in [3.05, 3.63) is 36.4 Å². The van der Waals surface area contributed by atoms with Gasteiger partial charge in [0.15, 0.2) is 18.5 Å². The molecule has 32 heavy (non-hydrogen) atoms. The fourth-order valence-electron chi connectivity index (χ4n) is 1.54. The predicted molar refractivity (Wildman–Crippen MR) is 107 cm³/mol. The molecule has 0 unspecified atom stereocenters. The number of alkyl halides is 3. The van der Waals surface area contributed by atoms with Crippen molar-refractivity contribution in [2.45, 2.75) is 52.4 Å². The number of hydrogen-bond donors (Lipinski definition) is 3. The van der Waals surface area contributed by atoms with Gasteiger partial charge in [-0.2, -0.15) is 13.2 Å². The summed E-state index contributed by atoms with van der Waals surface area (Å²) < 4.78 is 43.5. The number of carbonyl (C=O) groups is 3. The van der Waals surface area contributed by atoms with E-state index in [-0.39, 0.29) is 12.3 Å². The van der Waals surface area contributed by atoms with E-state index in [2.05, 4.69) is 26.5 Å². The Morgan fingerprint density at radius 3 is 2.09 bits per heavy atom. The third kappa shape index (κ3) is 17.5. The Morgan fingerprint density at radius 2 is 1.84 bits per heavy atom. The molecule has 4 N–H and O–H groups in total. The SMILES string of the molecule is C=C(OC)C(F)(F)F.CC(C)(C)OC(N)=O.CCNC(=O)c1cc[n+](CCC(=O)O)nc1. The molecule has 0 bridgehead atoms. The van der Waals surface area contributed by atoms with Gasteiger partial charge in [-0.05, 0) is 32.8 Å². The van der Waals surface area contributed by atoms with Gasteiger partial charge in [0.2, 0.25) is 0 Å². The highest BCUT2D eigenvalue weighted by atomic mass is 19.4. The van der Waals surface area contributed by atoms with E-state index in [0.29, 0.717) is 18.7 Å². The van der Waals surface area contributed by atoms with Gasteiger partial charge in [0.1, 0.15) is 18.2 Å². The Balaban J connectivity index is 0. The van der Waals surface area contributed by atoms with Crippen LogP contribution in [0.15, 0.2) is 30.8 Å². The highest BCUT2D eigenvalue weighted by Crippen LogP contribution is 2.23. The van der Waals surface area contributed by atoms with Gasteiger partial charge in [-0.1, -0.05) is 11.3 Å². The Hall–Kier alpha value is -3.38. The van der Waals surface area contributed by atoms with Gasteiger partial charge in [-0.25, -0.2) is 4.79 Å². The number of halogens is 3. The highest BCUT2D eigenvalue weighted by Gasteiger charge is 2.33. The summed E-state index contributed by atoms with van der Waals surface area (Å²) in [6, 6.07) is 1.61. The minimum absolute atomic E-state index is 0.0121. The smallest absolute Gasteiger partial charge is 0.448 e. The molecule has 1 rings (SSSR count). The molecule has 0 saturated carbocycles. The van der Waals surface area contributed by atoms with E-state index < -0.39 is 29.6 Å². The second-order valence-corrected chi connectivity index (χ2v) is 6.84. The third-order valence-electron chi connectivity index (χ3n) is 2.89. The van der Waals surface area contributed by atoms with E-state index in [1.807, 2.05) is 6.92 Å². The minimum Gasteiger partial charge on any atom is -0.493 e. The number of methoxy groups -OCH3 is 1. The second kappa shape index (κ2) is 14.6. The van der Waals surface area contributed by atoms with Crippen molar-refractivity contribution in [3.63, 3.8) is 0 Å². The molecule has 1 heterocycles. The molecule has 1 aromatic heterocycles. The summed E-state index contributed by atoms with van der Waals surface area (Å²) in [5.74, 6) is -2.22. The summed E-state index contributed by atoms with van der Waals surface area (Å²) in [4.78, 5) is 31.7. The highest BCUT2D eigenvalue weighted by molar-refractivity contribution is 5.93. The molecule has 2 amide bonds. The van der Waals surface area contributed by atoms with Crippen LogP contribution in [0.4, 0.5) is 18.0 Å². The summed E-state index contributed by atoms with van der Waals surface area (Å²) in [5, 5.41) is 15.1. The Labute approximate surface area is 184 Å². The number of aryl methyl sites for hydroxylation is 1. The number of nitrogens with two attached hydrogens (primary N) is 1. The molecule has 0 aliphatic rings. The topological polar surface area (TPSA) is 145 Å². The molecule has 182 valence electrons. The predicted octanol–water partition coefficient (Wildman–Crippen LogP) is 2.18. The van der Waals surface area contributed by atoms with Gasteiger partial charge in [-0.15, -0.1) is 0 Å². The first-order valence-electron chi connectivity index (χ1n) is 9.17. The number of carbonyl (C=O) groups excluding carboxylic acids is 2. The summed E-state index contributed by atoms with van der Waals surface area (Å²) in [6.07, 6.45) is -2.11. The number of aromatic nitrogens is 2. The van der Waals surface area contributed by atoms with Gasteiger partial charge < -0.3 is 25.6 Å². The van der Waals surface area contributed by atoms with Crippen molar-refractivity contribution in [1.82, 2.24) is 10.4 Å². The van der Waals surface area contributed by atoms with E-state index in [1.165, 1.54) is 10.9 Å². The van der Waals surface area contributed by atoms with Crippen molar-refractivity contribution in [3.8, 4) is 0 Å². The van der Waals surface area contributed by atoms with Crippen LogP contribution in [0.5, 0.6) is 0 Å². The lowest BCUT2D eigenvalue weighted by molar-refractivity contribution is -0.753. The van der Waals surface area contributed by atoms with Crippen molar-refractivity contribution in [1.29, 1.82) is 0 Å². The zero-order valence-electron chi connectivity index (χ0n) is 18.7. The first-order chi connectivity index (χ1) is 14.5. The van der Waals surface area contributed by atoms with Gasteiger partial charge in [0, 0.05) is 12.6 Å². The summed E-state index contributed by atoms with van der Waals surface area (Å²) in [5.41, 5.74) is 4.73. The van der Waals surface area contributed by atoms with Crippen LogP contribution in [0.2, 0.25) is 0 Å². The lowest BCUT2D eigenvalue weighted by atomic mass is 10.2. The molecule has 0 aliphatic carbocycles. The van der Waals surface area contributed by atoms with Crippen LogP contribution in [0.25, 0.3) is 0 Å². The number of nitrogens with zero attached hydrogens (tertiary/aromatic N) is 2. The van der Waals surface area contributed by atoms with Crippen LogP contribution in [-0.4, -0.2) is 53.6 Å². The standard InChI is InChI=1S/C10H13N3O3.C5H11NO2.C4H5F3O/c1-2-11-10(16)8-3-5-13(12-7-8)6-4-9(14)15;1-5(2,3)8-4(6)7;1-3(8-2)4(5,6)7/h3,5,7H,2,4,6H2,1H3,(H-,11,14,15,16);1-3H3,(H2,6,7);1H2,2H3/p+1. The Morgan fingerprint density at radius 1 is 1.28 bits per heavy atom. The molecule has 1 aromatic rings. The van der Waals surface area contributed by atoms with Crippen LogP contribution in [0.3, 0.4) is 0 Å². The quantitative estimate of drug-likeness (QED) is 0.429. The molecule has 0 spiro atoms. The molecular weight excluding hydrogens is 437 g/mol. The lowest BCUT2D eigenvalue weighted by Gasteiger charge is -2.16. The van der Waals surface area contributed by atoms with E-state index in [0.717, 1.165) is 7.11 Å². The summed E-state index contributed by atoms with van der Waals surface area (Å²) >= 11 is 0. The number of primary amides is 1. The molecule has 13 heteroatoms. The van der Waals surface area contributed by atoms with Crippen molar-refractivity contribution >= 4 is 18.0 Å². The summed E-state index contributed by atoms with van der Waals surface area (Å²) in [6.45, 7) is 10.6. The normalized spacial score (nSPS) is 10.4. The van der Waals surface area contributed by atoms with Crippen molar-refractivity contribution in [2.75, 3.05) is 13.7 Å². The molecule has 0 atom stereocenters. The Bertz CT molecular complexity index is 747. The molecule has 0 aromatic carbocycles. The largest absolute Gasteiger partial charge is 0.493 e. The zero-order valence-corrected chi connectivity index (χ0v) is 18.7. The third-order valence-corrected chi connectivity index (χ3v) is 2.89. The first kappa shape index (κ1) is 30.8. The Kier molecular flexibility index (Phi) is 14.1. The number of aliphatic carboxylic acids is 1. The van der Waals surface area contributed by atoms with Crippen LogP contribution >= 0.6 is 0 Å². The molecule has 0 radical (unpaired) electrons. The van der Waals surface area contributed by atoms with Crippen molar-refractivity contribution in [2.24, 2.45) is 5.73 Å². The van der Waals surface area contributed by atoms with Gasteiger partial charge in [-0.3, -0.25) is 9.59 Å². The molecule has 0 aliphatic heterocycles. The maximum atomic E-state index is 11.4. The number of carboxylic acids is 1. The zero-order chi connectivity index (χ0) is 25.5. The average Bonchev–Trinajstić information content (AvgIpc) is 2.64. The average molecular weight is 467 g/mol. The summed E-state index contributed by atoms with van der Waals surface area (Å²) in [7, 11) is 0.926. The number of allylic oxidation sites excluding steroid dienone is 1. The number of amides is 2. The van der Waals surface area contributed by atoms with E-state index in [1.54, 1.807) is 33.0 Å². The van der Waals surface area contributed by atoms with E-state index in [4.69, 9.17) is 10.8 Å². The fraction of sp³-hybridized carbons (Fsp3) is 0.526. The maximum Gasteiger partial charge on any atom is 0.448 e. The van der Waals surface area contributed by atoms with Crippen LogP contribution in [-0.2, 0) is 20.8 Å². The van der Waals surface area contributed by atoms with Crippen LogP contribution in [0.1, 0.15) is 44.5 Å². The van der Waals surface area contributed by atoms with Gasteiger partial charge >= 0.3 is 18.2 Å². The molecular formula is C19H30F3N4O6+. The second-order valence-electron chi connectivity index (χ2n) is 6.84. The number of nitrogens with one attached hydrogen (secondary N) is 1. The van der Waals surface area contributed by atoms with Crippen molar-refractivity contribution < 1.29 is 46.8 Å². The van der Waals surface area contributed by atoms with Crippen LogP contribution < -0.4 is 15.7 Å². The van der Waals surface area contributed by atoms with Gasteiger partial charge in [0.25, 0.3) is 5.91 Å². The van der Waals surface area contributed by atoms with E-state index >= 15 is 0 Å². The van der Waals surface area contributed by atoms with Gasteiger partial charge in [0.05, 0.1) is 12.7 Å². The number of rotatable bonds is 6. The molecule has 10 nitrogen and oxygen atoms in total. The van der Waals surface area contributed by atoms with Crippen LogP contribution in [0, 0.1) is 0 Å². The monoisotopic (exact) mass is 467 g/mol. The minimum atomic E-state index is -4.41. The first-order valence-corrected chi connectivity index (χ1v) is 9.17. The molecule has 0 saturated heterocycles.